The standard InChI is InChI=1S/C24H36O3/c1-4-7-8-9-10-11-12-13-14-17-21(25)23-20(16-6-3)22(26)18-19(15-5-2)24(23)27/h5-6,18,26-27H,2-4,7-17H2,1H3. The molecule has 27 heavy (non-hydrogen) atoms. The molecule has 0 aromatic heterocycles. The van der Waals surface area contributed by atoms with Crippen molar-refractivity contribution in [2.45, 2.75) is 84.0 Å². The van der Waals surface area contributed by atoms with Crippen molar-refractivity contribution in [3.05, 3.63) is 48.1 Å². The van der Waals surface area contributed by atoms with Gasteiger partial charge in [-0.3, -0.25) is 4.79 Å². The van der Waals surface area contributed by atoms with Gasteiger partial charge in [0, 0.05) is 17.5 Å². The normalized spacial score (nSPS) is 10.7. The average Bonchev–Trinajstić information content (AvgIpc) is 2.64. The first-order valence-electron chi connectivity index (χ1n) is 10.4. The van der Waals surface area contributed by atoms with Gasteiger partial charge in [-0.15, -0.1) is 13.2 Å². The van der Waals surface area contributed by atoms with Crippen LogP contribution >= 0.6 is 0 Å². The van der Waals surface area contributed by atoms with Crippen molar-refractivity contribution in [2.24, 2.45) is 0 Å². The van der Waals surface area contributed by atoms with E-state index < -0.39 is 0 Å². The molecule has 0 amide bonds. The van der Waals surface area contributed by atoms with Gasteiger partial charge in [-0.05, 0) is 25.3 Å². The monoisotopic (exact) mass is 372 g/mol. The Bertz CT molecular complexity index is 617. The molecule has 0 aliphatic carbocycles. The molecule has 0 aliphatic rings. The van der Waals surface area contributed by atoms with Gasteiger partial charge in [0.2, 0.25) is 0 Å². The fraction of sp³-hybridized carbons (Fsp3) is 0.542. The van der Waals surface area contributed by atoms with Crippen molar-refractivity contribution in [2.75, 3.05) is 0 Å². The van der Waals surface area contributed by atoms with Crippen molar-refractivity contribution in [1.82, 2.24) is 0 Å². The van der Waals surface area contributed by atoms with Crippen LogP contribution in [0.25, 0.3) is 0 Å². The zero-order chi connectivity index (χ0) is 20.1. The lowest BCUT2D eigenvalue weighted by molar-refractivity contribution is 0.0975. The van der Waals surface area contributed by atoms with E-state index in [-0.39, 0.29) is 22.8 Å². The molecule has 0 spiro atoms. The SMILES string of the molecule is C=CCc1cc(O)c(CC=C)c(C(=O)CCCCCCCCCCC)c1O. The molecule has 0 saturated carbocycles. The summed E-state index contributed by atoms with van der Waals surface area (Å²) in [5.41, 5.74) is 1.26. The third-order valence-electron chi connectivity index (χ3n) is 4.96. The molecule has 3 heteroatoms. The van der Waals surface area contributed by atoms with Crippen LogP contribution in [0.15, 0.2) is 31.4 Å². The number of phenolic OH excluding ortho intramolecular Hbond substituents is 2. The number of phenols is 2. The van der Waals surface area contributed by atoms with E-state index in [1.54, 1.807) is 12.2 Å². The number of unbranched alkanes of at least 4 members (excludes halogenated alkanes) is 8. The summed E-state index contributed by atoms with van der Waals surface area (Å²) in [6, 6.07) is 1.52. The summed E-state index contributed by atoms with van der Waals surface area (Å²) in [5.74, 6) is -0.0843. The number of carbonyl (C=O) groups is 1. The van der Waals surface area contributed by atoms with Crippen LogP contribution in [0.2, 0.25) is 0 Å². The average molecular weight is 373 g/mol. The van der Waals surface area contributed by atoms with Gasteiger partial charge in [-0.1, -0.05) is 70.4 Å². The van der Waals surface area contributed by atoms with Gasteiger partial charge in [-0.2, -0.15) is 0 Å². The fourth-order valence-electron chi connectivity index (χ4n) is 3.44. The predicted molar refractivity (Wildman–Crippen MR) is 114 cm³/mol. The van der Waals surface area contributed by atoms with E-state index in [0.29, 0.717) is 30.4 Å². The molecule has 0 atom stereocenters. The summed E-state index contributed by atoms with van der Waals surface area (Å²) in [7, 11) is 0. The minimum absolute atomic E-state index is 0.0227. The largest absolute Gasteiger partial charge is 0.508 e. The van der Waals surface area contributed by atoms with Crippen LogP contribution in [0.5, 0.6) is 11.5 Å². The maximum absolute atomic E-state index is 12.7. The molecule has 0 saturated heterocycles. The highest BCUT2D eigenvalue weighted by Crippen LogP contribution is 2.35. The molecule has 1 rings (SSSR count). The second-order valence-corrected chi connectivity index (χ2v) is 7.24. The summed E-state index contributed by atoms with van der Waals surface area (Å²) in [6.45, 7) is 9.58. The van der Waals surface area contributed by atoms with Gasteiger partial charge < -0.3 is 10.2 Å². The van der Waals surface area contributed by atoms with Gasteiger partial charge in [0.05, 0.1) is 5.56 Å². The van der Waals surface area contributed by atoms with Gasteiger partial charge in [0.15, 0.2) is 5.78 Å². The van der Waals surface area contributed by atoms with Crippen LogP contribution in [0.3, 0.4) is 0 Å². The fourth-order valence-corrected chi connectivity index (χ4v) is 3.44. The second kappa shape index (κ2) is 13.2. The Hall–Kier alpha value is -2.03. The topological polar surface area (TPSA) is 57.5 Å². The van der Waals surface area contributed by atoms with Crippen LogP contribution in [0.4, 0.5) is 0 Å². The van der Waals surface area contributed by atoms with Crippen molar-refractivity contribution in [3.63, 3.8) is 0 Å². The molecule has 0 bridgehead atoms. The summed E-state index contributed by atoms with van der Waals surface area (Å²) >= 11 is 0. The molecular weight excluding hydrogens is 336 g/mol. The van der Waals surface area contributed by atoms with E-state index in [1.165, 1.54) is 44.6 Å². The number of carbonyl (C=O) groups excluding carboxylic acids is 1. The van der Waals surface area contributed by atoms with Crippen molar-refractivity contribution in [1.29, 1.82) is 0 Å². The van der Waals surface area contributed by atoms with Crippen LogP contribution in [0.1, 0.15) is 92.6 Å². The molecule has 3 nitrogen and oxygen atoms in total. The molecule has 1 aromatic rings. The molecule has 0 heterocycles. The Morgan fingerprint density at radius 1 is 0.926 bits per heavy atom. The lowest BCUT2D eigenvalue weighted by Gasteiger charge is -2.15. The number of aromatic hydroxyl groups is 2. The predicted octanol–water partition coefficient (Wildman–Crippen LogP) is 6.66. The van der Waals surface area contributed by atoms with Gasteiger partial charge >= 0.3 is 0 Å². The molecule has 1 aromatic carbocycles. The van der Waals surface area contributed by atoms with Crippen molar-refractivity contribution >= 4 is 5.78 Å². The summed E-state index contributed by atoms with van der Waals surface area (Å²) < 4.78 is 0. The molecule has 0 aliphatic heterocycles. The van der Waals surface area contributed by atoms with Crippen LogP contribution < -0.4 is 0 Å². The molecular formula is C24H36O3. The lowest BCUT2D eigenvalue weighted by Crippen LogP contribution is -2.06. The van der Waals surface area contributed by atoms with Crippen molar-refractivity contribution in [3.8, 4) is 11.5 Å². The maximum atomic E-state index is 12.7. The molecule has 0 fully saturated rings. The number of benzene rings is 1. The van der Waals surface area contributed by atoms with E-state index >= 15 is 0 Å². The first-order chi connectivity index (χ1) is 13.1. The van der Waals surface area contributed by atoms with Gasteiger partial charge in [-0.25, -0.2) is 0 Å². The van der Waals surface area contributed by atoms with Crippen LogP contribution in [-0.2, 0) is 12.8 Å². The Kier molecular flexibility index (Phi) is 11.2. The van der Waals surface area contributed by atoms with E-state index in [2.05, 4.69) is 20.1 Å². The Morgan fingerprint density at radius 2 is 1.48 bits per heavy atom. The smallest absolute Gasteiger partial charge is 0.167 e. The third kappa shape index (κ3) is 7.62. The third-order valence-corrected chi connectivity index (χ3v) is 4.96. The molecule has 150 valence electrons. The van der Waals surface area contributed by atoms with Crippen LogP contribution in [-0.4, -0.2) is 16.0 Å². The number of Topliss-reactive ketones (excluding diaryl/α,β-unsaturated/α-hetero) is 1. The zero-order valence-corrected chi connectivity index (χ0v) is 16.9. The van der Waals surface area contributed by atoms with E-state index in [9.17, 15) is 15.0 Å². The maximum Gasteiger partial charge on any atom is 0.167 e. The second-order valence-electron chi connectivity index (χ2n) is 7.24. The highest BCUT2D eigenvalue weighted by molar-refractivity contribution is 6.01. The minimum Gasteiger partial charge on any atom is -0.508 e. The Labute approximate surface area is 164 Å². The Morgan fingerprint density at radius 3 is 2.04 bits per heavy atom. The summed E-state index contributed by atoms with van der Waals surface area (Å²) in [6.07, 6.45) is 15.1. The number of rotatable bonds is 15. The lowest BCUT2D eigenvalue weighted by atomic mass is 9.92. The van der Waals surface area contributed by atoms with Gasteiger partial charge in [0.25, 0.3) is 0 Å². The van der Waals surface area contributed by atoms with Gasteiger partial charge in [0.1, 0.15) is 11.5 Å². The highest BCUT2D eigenvalue weighted by Gasteiger charge is 2.21. The molecule has 0 radical (unpaired) electrons. The van der Waals surface area contributed by atoms with Crippen LogP contribution in [0, 0.1) is 0 Å². The van der Waals surface area contributed by atoms with E-state index in [4.69, 9.17) is 0 Å². The number of ketones is 1. The van der Waals surface area contributed by atoms with E-state index in [0.717, 1.165) is 19.3 Å². The summed E-state index contributed by atoms with van der Waals surface area (Å²) in [5, 5.41) is 20.8. The quantitative estimate of drug-likeness (QED) is 0.157. The molecule has 2 N–H and O–H groups in total. The first kappa shape index (κ1) is 23.0. The summed E-state index contributed by atoms with van der Waals surface area (Å²) in [4.78, 5) is 12.7. The van der Waals surface area contributed by atoms with Crippen molar-refractivity contribution < 1.29 is 15.0 Å². The first-order valence-corrected chi connectivity index (χ1v) is 10.4. The zero-order valence-electron chi connectivity index (χ0n) is 16.9. The number of allylic oxidation sites excluding steroid dienone is 2. The Balaban J connectivity index is 2.62. The number of hydrogen-bond donors (Lipinski definition) is 2. The highest BCUT2D eigenvalue weighted by atomic mass is 16.3. The molecule has 0 unspecified atom stereocenters. The number of hydrogen-bond acceptors (Lipinski definition) is 3. The van der Waals surface area contributed by atoms with E-state index in [1.807, 2.05) is 0 Å². The minimum atomic E-state index is -0.103.